The van der Waals surface area contributed by atoms with Gasteiger partial charge in [0.2, 0.25) is 0 Å². The minimum absolute atomic E-state index is 0.143. The van der Waals surface area contributed by atoms with E-state index in [1.807, 2.05) is 13.8 Å². The summed E-state index contributed by atoms with van der Waals surface area (Å²) in [6.07, 6.45) is -1.60. The predicted molar refractivity (Wildman–Crippen MR) is 45.7 cm³/mol. The summed E-state index contributed by atoms with van der Waals surface area (Å²) >= 11 is 0. The first kappa shape index (κ1) is 10.9. The van der Waals surface area contributed by atoms with Gasteiger partial charge in [0.1, 0.15) is 0 Å². The number of halogens is 3. The molecule has 5 heteroatoms. The van der Waals surface area contributed by atoms with E-state index in [2.05, 4.69) is 9.97 Å². The van der Waals surface area contributed by atoms with E-state index in [9.17, 15) is 13.2 Å². The van der Waals surface area contributed by atoms with Gasteiger partial charge in [0.15, 0.2) is 5.69 Å². The van der Waals surface area contributed by atoms with E-state index in [-0.39, 0.29) is 5.92 Å². The van der Waals surface area contributed by atoms with Crippen molar-refractivity contribution < 1.29 is 13.2 Å². The normalized spacial score (nSPS) is 14.1. The Hall–Kier alpha value is -1.13. The molecular formula is C9H11F3N2. The molecule has 0 aromatic carbocycles. The molecule has 0 fully saturated rings. The van der Waals surface area contributed by atoms with Crippen molar-refractivity contribution in [3.63, 3.8) is 0 Å². The lowest BCUT2D eigenvalue weighted by Gasteiger charge is -2.09. The van der Waals surface area contributed by atoms with Crippen molar-refractivity contribution in [1.29, 1.82) is 0 Å². The molecule has 1 aromatic heterocycles. The summed E-state index contributed by atoms with van der Waals surface area (Å²) in [7, 11) is 0. The van der Waals surface area contributed by atoms with E-state index in [4.69, 9.17) is 0 Å². The van der Waals surface area contributed by atoms with Gasteiger partial charge in [-0.3, -0.25) is 4.98 Å². The standard InChI is InChI=1S/C9H11F3N2/c1-3-6(2)7-4-14-8(5-13-7)9(10,11)12/h4-6H,3H2,1-2H3. The van der Waals surface area contributed by atoms with Crippen LogP contribution in [0, 0.1) is 0 Å². The maximum Gasteiger partial charge on any atom is 0.434 e. The van der Waals surface area contributed by atoms with Crippen LogP contribution in [0.15, 0.2) is 12.4 Å². The molecule has 2 nitrogen and oxygen atoms in total. The molecule has 0 saturated carbocycles. The lowest BCUT2D eigenvalue weighted by Crippen LogP contribution is -2.09. The molecule has 1 unspecified atom stereocenters. The molecule has 1 heterocycles. The zero-order chi connectivity index (χ0) is 10.8. The van der Waals surface area contributed by atoms with Gasteiger partial charge in [0, 0.05) is 6.20 Å². The van der Waals surface area contributed by atoms with Gasteiger partial charge < -0.3 is 0 Å². The summed E-state index contributed by atoms with van der Waals surface area (Å²) in [5.41, 5.74) is -0.343. The lowest BCUT2D eigenvalue weighted by atomic mass is 10.1. The van der Waals surface area contributed by atoms with Crippen LogP contribution in [0.25, 0.3) is 0 Å². The van der Waals surface area contributed by atoms with E-state index in [0.717, 1.165) is 12.6 Å². The van der Waals surface area contributed by atoms with Crippen LogP contribution < -0.4 is 0 Å². The monoisotopic (exact) mass is 204 g/mol. The molecule has 0 amide bonds. The van der Waals surface area contributed by atoms with E-state index in [1.54, 1.807) is 0 Å². The van der Waals surface area contributed by atoms with Crippen LogP contribution in [0.4, 0.5) is 13.2 Å². The number of nitrogens with zero attached hydrogens (tertiary/aromatic N) is 2. The first-order valence-electron chi connectivity index (χ1n) is 4.34. The zero-order valence-electron chi connectivity index (χ0n) is 7.97. The number of hydrogen-bond donors (Lipinski definition) is 0. The molecule has 78 valence electrons. The van der Waals surface area contributed by atoms with E-state index < -0.39 is 11.9 Å². The van der Waals surface area contributed by atoms with Crippen molar-refractivity contribution in [1.82, 2.24) is 9.97 Å². The highest BCUT2D eigenvalue weighted by Crippen LogP contribution is 2.27. The summed E-state index contributed by atoms with van der Waals surface area (Å²) in [5, 5.41) is 0. The Bertz CT molecular complexity index is 292. The molecular weight excluding hydrogens is 193 g/mol. The third-order valence-electron chi connectivity index (χ3n) is 2.08. The maximum atomic E-state index is 12.1. The van der Waals surface area contributed by atoms with Crippen molar-refractivity contribution in [3.05, 3.63) is 23.8 Å². The fourth-order valence-corrected chi connectivity index (χ4v) is 0.948. The average Bonchev–Trinajstić information content (AvgIpc) is 2.15. The van der Waals surface area contributed by atoms with Gasteiger partial charge in [-0.1, -0.05) is 13.8 Å². The van der Waals surface area contributed by atoms with Gasteiger partial charge >= 0.3 is 6.18 Å². The van der Waals surface area contributed by atoms with Gasteiger partial charge in [0.05, 0.1) is 11.9 Å². The maximum absolute atomic E-state index is 12.1. The van der Waals surface area contributed by atoms with E-state index >= 15 is 0 Å². The quantitative estimate of drug-likeness (QED) is 0.740. The Morgan fingerprint density at radius 3 is 2.29 bits per heavy atom. The van der Waals surface area contributed by atoms with Crippen molar-refractivity contribution in [3.8, 4) is 0 Å². The Labute approximate surface area is 80.2 Å². The van der Waals surface area contributed by atoms with E-state index in [1.165, 1.54) is 6.20 Å². The van der Waals surface area contributed by atoms with Crippen molar-refractivity contribution in [2.75, 3.05) is 0 Å². The Morgan fingerprint density at radius 1 is 1.29 bits per heavy atom. The Balaban J connectivity index is 2.89. The number of hydrogen-bond acceptors (Lipinski definition) is 2. The van der Waals surface area contributed by atoms with Crippen LogP contribution in [0.5, 0.6) is 0 Å². The molecule has 1 rings (SSSR count). The predicted octanol–water partition coefficient (Wildman–Crippen LogP) is 3.01. The summed E-state index contributed by atoms with van der Waals surface area (Å²) in [6.45, 7) is 3.85. The topological polar surface area (TPSA) is 25.8 Å². The first-order valence-corrected chi connectivity index (χ1v) is 4.34. The SMILES string of the molecule is CCC(C)c1cnc(C(F)(F)F)cn1. The smallest absolute Gasteiger partial charge is 0.257 e. The molecule has 0 N–H and O–H groups in total. The van der Waals surface area contributed by atoms with Gasteiger partial charge in [-0.2, -0.15) is 13.2 Å². The highest BCUT2D eigenvalue weighted by atomic mass is 19.4. The molecule has 0 radical (unpaired) electrons. The lowest BCUT2D eigenvalue weighted by molar-refractivity contribution is -0.141. The molecule has 1 aromatic rings. The highest BCUT2D eigenvalue weighted by molar-refractivity contribution is 5.08. The molecule has 1 atom stereocenters. The number of rotatable bonds is 2. The van der Waals surface area contributed by atoms with Gasteiger partial charge in [-0.25, -0.2) is 4.98 Å². The highest BCUT2D eigenvalue weighted by Gasteiger charge is 2.32. The zero-order valence-corrected chi connectivity index (χ0v) is 7.97. The second kappa shape index (κ2) is 3.94. The summed E-state index contributed by atoms with van der Waals surface area (Å²) in [4.78, 5) is 7.06. The van der Waals surface area contributed by atoms with Gasteiger partial charge in [-0.05, 0) is 12.3 Å². The summed E-state index contributed by atoms with van der Waals surface area (Å²) in [6, 6.07) is 0. The van der Waals surface area contributed by atoms with Crippen LogP contribution in [-0.2, 0) is 6.18 Å². The fourth-order valence-electron chi connectivity index (χ4n) is 0.948. The molecule has 0 saturated heterocycles. The minimum Gasteiger partial charge on any atom is -0.257 e. The van der Waals surface area contributed by atoms with Crippen LogP contribution in [0.2, 0.25) is 0 Å². The van der Waals surface area contributed by atoms with Crippen molar-refractivity contribution >= 4 is 0 Å². The van der Waals surface area contributed by atoms with Crippen LogP contribution in [-0.4, -0.2) is 9.97 Å². The summed E-state index contributed by atoms with van der Waals surface area (Å²) in [5.74, 6) is 0.143. The average molecular weight is 204 g/mol. The third kappa shape index (κ3) is 2.43. The molecule has 0 aliphatic carbocycles. The van der Waals surface area contributed by atoms with Crippen LogP contribution >= 0.6 is 0 Å². The van der Waals surface area contributed by atoms with E-state index in [0.29, 0.717) is 5.69 Å². The second-order valence-corrected chi connectivity index (χ2v) is 3.13. The van der Waals surface area contributed by atoms with Gasteiger partial charge in [0.25, 0.3) is 0 Å². The van der Waals surface area contributed by atoms with Gasteiger partial charge in [-0.15, -0.1) is 0 Å². The molecule has 14 heavy (non-hydrogen) atoms. The number of aromatic nitrogens is 2. The first-order chi connectivity index (χ1) is 6.45. The number of alkyl halides is 3. The van der Waals surface area contributed by atoms with Crippen molar-refractivity contribution in [2.24, 2.45) is 0 Å². The Kier molecular flexibility index (Phi) is 3.08. The largest absolute Gasteiger partial charge is 0.434 e. The molecule has 0 aliphatic rings. The molecule has 0 aliphatic heterocycles. The Morgan fingerprint density at radius 2 is 1.93 bits per heavy atom. The molecule has 0 bridgehead atoms. The second-order valence-electron chi connectivity index (χ2n) is 3.13. The minimum atomic E-state index is -4.40. The molecule has 0 spiro atoms. The fraction of sp³-hybridized carbons (Fsp3) is 0.556. The van der Waals surface area contributed by atoms with Crippen LogP contribution in [0.1, 0.15) is 37.6 Å². The summed E-state index contributed by atoms with van der Waals surface area (Å²) < 4.78 is 36.3. The third-order valence-corrected chi connectivity index (χ3v) is 2.08. The van der Waals surface area contributed by atoms with Crippen molar-refractivity contribution in [2.45, 2.75) is 32.4 Å². The van der Waals surface area contributed by atoms with Crippen LogP contribution in [0.3, 0.4) is 0 Å².